The summed E-state index contributed by atoms with van der Waals surface area (Å²) in [6, 6.07) is 0. The number of ketones is 2. The molecule has 0 aromatic carbocycles. The monoisotopic (exact) mass is 485 g/mol. The van der Waals surface area contributed by atoms with Crippen LogP contribution >= 0.6 is 0 Å². The third-order valence-corrected chi connectivity index (χ3v) is 5.22. The van der Waals surface area contributed by atoms with Gasteiger partial charge in [-0.3, -0.25) is 14.4 Å². The standard InChI is InChI=1S/C12H23NO2.C9H18O.C8H18.CH4/c1-9(2)5-6-12(15)13-8-7-11(14)10(3)4;1-7(2)5-6-9(10)8(3)4;1-7(2)5-6-8(3)4;/h9-10H,5-8H2,1-4H3,(H,13,15);7-8H,5-6H2,1-4H3;7-8H,5-6H2,1-4H3;1H4. The zero-order valence-electron chi connectivity index (χ0n) is 24.3. The van der Waals surface area contributed by atoms with Gasteiger partial charge in [0.05, 0.1) is 0 Å². The summed E-state index contributed by atoms with van der Waals surface area (Å²) < 4.78 is 0. The van der Waals surface area contributed by atoms with Gasteiger partial charge in [-0.15, -0.1) is 0 Å². The number of nitrogens with one attached hydrogen (secondary N) is 1. The van der Waals surface area contributed by atoms with Gasteiger partial charge in [0.15, 0.2) is 0 Å². The summed E-state index contributed by atoms with van der Waals surface area (Å²) in [5.74, 6) is 3.93. The number of carbonyl (C=O) groups is 3. The molecule has 0 aliphatic heterocycles. The van der Waals surface area contributed by atoms with Crippen LogP contribution in [0.5, 0.6) is 0 Å². The number of hydrogen-bond donors (Lipinski definition) is 1. The van der Waals surface area contributed by atoms with Gasteiger partial charge in [0.2, 0.25) is 5.91 Å². The fourth-order valence-corrected chi connectivity index (χ4v) is 2.51. The summed E-state index contributed by atoms with van der Waals surface area (Å²) in [4.78, 5) is 33.6. The third kappa shape index (κ3) is 35.4. The summed E-state index contributed by atoms with van der Waals surface area (Å²) in [7, 11) is 0. The maximum atomic E-state index is 11.3. The smallest absolute Gasteiger partial charge is 0.220 e. The molecule has 0 atom stereocenters. The quantitative estimate of drug-likeness (QED) is 0.268. The lowest BCUT2D eigenvalue weighted by Gasteiger charge is -2.07. The molecule has 0 aliphatic carbocycles. The van der Waals surface area contributed by atoms with Crippen LogP contribution in [0.15, 0.2) is 0 Å². The van der Waals surface area contributed by atoms with Gasteiger partial charge in [0, 0.05) is 37.6 Å². The van der Waals surface area contributed by atoms with E-state index in [1.807, 2.05) is 27.7 Å². The first-order valence-corrected chi connectivity index (χ1v) is 13.4. The number of amides is 1. The Morgan fingerprint density at radius 1 is 0.500 bits per heavy atom. The number of carbonyl (C=O) groups excluding carboxylic acids is 3. The van der Waals surface area contributed by atoms with E-state index in [1.54, 1.807) is 0 Å². The van der Waals surface area contributed by atoms with Gasteiger partial charge in [0.25, 0.3) is 0 Å². The third-order valence-electron chi connectivity index (χ3n) is 5.22. The summed E-state index contributed by atoms with van der Waals surface area (Å²) in [6.45, 7) is 25.8. The topological polar surface area (TPSA) is 63.2 Å². The Bertz CT molecular complexity index is 483. The normalized spacial score (nSPS) is 10.6. The maximum absolute atomic E-state index is 11.3. The molecule has 0 unspecified atom stereocenters. The summed E-state index contributed by atoms with van der Waals surface area (Å²) in [5, 5.41) is 2.76. The van der Waals surface area contributed by atoms with Crippen LogP contribution in [0.4, 0.5) is 0 Å². The lowest BCUT2D eigenvalue weighted by molar-refractivity contribution is -0.123. The van der Waals surface area contributed by atoms with Gasteiger partial charge in [-0.2, -0.15) is 0 Å². The SMILES string of the molecule is C.CC(C)CCC(=O)C(C)C.CC(C)CCC(=O)NCCC(=O)C(C)C.CC(C)CCC(C)C. The Balaban J connectivity index is -0.000000207. The Morgan fingerprint density at radius 2 is 0.824 bits per heavy atom. The van der Waals surface area contributed by atoms with Crippen molar-refractivity contribution in [3.8, 4) is 0 Å². The van der Waals surface area contributed by atoms with E-state index in [1.165, 1.54) is 12.8 Å². The van der Waals surface area contributed by atoms with Crippen LogP contribution in [-0.4, -0.2) is 24.0 Å². The first-order chi connectivity index (χ1) is 15.1. The van der Waals surface area contributed by atoms with E-state index in [2.05, 4.69) is 60.7 Å². The molecule has 0 rings (SSSR count). The van der Waals surface area contributed by atoms with Crippen molar-refractivity contribution in [2.24, 2.45) is 35.5 Å². The Hall–Kier alpha value is -1.19. The zero-order valence-corrected chi connectivity index (χ0v) is 24.3. The molecule has 206 valence electrons. The molecule has 0 fully saturated rings. The van der Waals surface area contributed by atoms with Gasteiger partial charge in [-0.1, -0.05) is 103 Å². The highest BCUT2D eigenvalue weighted by molar-refractivity contribution is 5.81. The van der Waals surface area contributed by atoms with E-state index in [-0.39, 0.29) is 31.0 Å². The van der Waals surface area contributed by atoms with Gasteiger partial charge in [-0.25, -0.2) is 0 Å². The predicted octanol–water partition coefficient (Wildman–Crippen LogP) is 8.52. The van der Waals surface area contributed by atoms with Crippen molar-refractivity contribution < 1.29 is 14.4 Å². The van der Waals surface area contributed by atoms with Crippen LogP contribution < -0.4 is 5.32 Å². The van der Waals surface area contributed by atoms with Crippen molar-refractivity contribution in [2.45, 2.75) is 135 Å². The van der Waals surface area contributed by atoms with Crippen molar-refractivity contribution in [1.82, 2.24) is 5.32 Å². The van der Waals surface area contributed by atoms with Crippen molar-refractivity contribution >= 4 is 17.5 Å². The van der Waals surface area contributed by atoms with Crippen LogP contribution in [-0.2, 0) is 14.4 Å². The highest BCUT2D eigenvalue weighted by Gasteiger charge is 2.08. The molecule has 0 radical (unpaired) electrons. The van der Waals surface area contributed by atoms with Gasteiger partial charge < -0.3 is 5.32 Å². The van der Waals surface area contributed by atoms with Gasteiger partial charge in [0.1, 0.15) is 11.6 Å². The van der Waals surface area contributed by atoms with Crippen molar-refractivity contribution in [2.75, 3.05) is 6.54 Å². The molecule has 0 bridgehead atoms. The Kier molecular flexibility index (Phi) is 29.3. The van der Waals surface area contributed by atoms with E-state index in [0.717, 1.165) is 31.1 Å². The molecule has 0 saturated heterocycles. The minimum atomic E-state index is 0. The highest BCUT2D eigenvalue weighted by atomic mass is 16.2. The first kappa shape index (κ1) is 40.0. The van der Waals surface area contributed by atoms with Crippen molar-refractivity contribution in [1.29, 1.82) is 0 Å². The molecule has 0 heterocycles. The zero-order chi connectivity index (χ0) is 26.6. The lowest BCUT2D eigenvalue weighted by Crippen LogP contribution is -2.26. The molecular formula is C30H63NO3. The van der Waals surface area contributed by atoms with Crippen LogP contribution in [0.1, 0.15) is 135 Å². The number of rotatable bonds is 14. The van der Waals surface area contributed by atoms with Gasteiger partial charge >= 0.3 is 0 Å². The number of Topliss-reactive ketones (excluding diaryl/α,β-unsaturated/α-hetero) is 2. The average Bonchev–Trinajstić information content (AvgIpc) is 2.69. The van der Waals surface area contributed by atoms with E-state index < -0.39 is 0 Å². The number of hydrogen-bond acceptors (Lipinski definition) is 3. The fourth-order valence-electron chi connectivity index (χ4n) is 2.51. The second kappa shape index (κ2) is 24.9. The molecule has 0 aromatic heterocycles. The second-order valence-corrected chi connectivity index (χ2v) is 11.6. The van der Waals surface area contributed by atoms with E-state index in [0.29, 0.717) is 37.0 Å². The largest absolute Gasteiger partial charge is 0.356 e. The molecule has 0 spiro atoms. The molecule has 0 aliphatic rings. The molecule has 34 heavy (non-hydrogen) atoms. The minimum Gasteiger partial charge on any atom is -0.356 e. The Labute approximate surface area is 214 Å². The van der Waals surface area contributed by atoms with Gasteiger partial charge in [-0.05, 0) is 36.5 Å². The molecule has 4 heteroatoms. The summed E-state index contributed by atoms with van der Waals surface area (Å²) >= 11 is 0. The summed E-state index contributed by atoms with van der Waals surface area (Å²) in [5.41, 5.74) is 0. The average molecular weight is 486 g/mol. The molecule has 1 N–H and O–H groups in total. The van der Waals surface area contributed by atoms with E-state index in [4.69, 9.17) is 0 Å². The Morgan fingerprint density at radius 3 is 1.15 bits per heavy atom. The lowest BCUT2D eigenvalue weighted by atomic mass is 10.00. The van der Waals surface area contributed by atoms with Crippen molar-refractivity contribution in [3.05, 3.63) is 0 Å². The first-order valence-electron chi connectivity index (χ1n) is 13.4. The second-order valence-electron chi connectivity index (χ2n) is 11.6. The molecular weight excluding hydrogens is 422 g/mol. The minimum absolute atomic E-state index is 0. The molecule has 0 aromatic rings. The van der Waals surface area contributed by atoms with Crippen molar-refractivity contribution in [3.63, 3.8) is 0 Å². The van der Waals surface area contributed by atoms with Crippen LogP contribution in [0, 0.1) is 35.5 Å². The van der Waals surface area contributed by atoms with Crippen LogP contribution in [0.3, 0.4) is 0 Å². The maximum Gasteiger partial charge on any atom is 0.220 e. The highest BCUT2D eigenvalue weighted by Crippen LogP contribution is 2.10. The van der Waals surface area contributed by atoms with E-state index in [9.17, 15) is 14.4 Å². The molecule has 1 amide bonds. The fraction of sp³-hybridized carbons (Fsp3) is 0.900. The molecule has 4 nitrogen and oxygen atoms in total. The van der Waals surface area contributed by atoms with Crippen LogP contribution in [0.25, 0.3) is 0 Å². The van der Waals surface area contributed by atoms with Crippen LogP contribution in [0.2, 0.25) is 0 Å². The summed E-state index contributed by atoms with van der Waals surface area (Å²) in [6.07, 6.45) is 6.49. The predicted molar refractivity (Wildman–Crippen MR) is 151 cm³/mol. The van der Waals surface area contributed by atoms with E-state index >= 15 is 0 Å². The molecule has 0 saturated carbocycles.